The molecule has 1 amide bonds. The highest BCUT2D eigenvalue weighted by Crippen LogP contribution is 2.23. The van der Waals surface area contributed by atoms with Crippen molar-refractivity contribution in [2.45, 2.75) is 32.7 Å². The largest absolute Gasteiger partial charge is 0.376 e. The summed E-state index contributed by atoms with van der Waals surface area (Å²) in [6, 6.07) is 18.1. The second-order valence-electron chi connectivity index (χ2n) is 5.80. The van der Waals surface area contributed by atoms with Crippen molar-refractivity contribution in [3.63, 3.8) is 0 Å². The summed E-state index contributed by atoms with van der Waals surface area (Å²) in [5.74, 6) is 0.421. The van der Waals surface area contributed by atoms with Crippen LogP contribution in [0.2, 0.25) is 0 Å². The summed E-state index contributed by atoms with van der Waals surface area (Å²) in [5, 5.41) is 6.25. The molecule has 2 N–H and O–H groups in total. The van der Waals surface area contributed by atoms with E-state index in [1.807, 2.05) is 55.5 Å². The molecule has 0 spiro atoms. The Morgan fingerprint density at radius 2 is 1.59 bits per heavy atom. The predicted octanol–water partition coefficient (Wildman–Crippen LogP) is 4.10. The van der Waals surface area contributed by atoms with Crippen LogP contribution >= 0.6 is 0 Å². The Kier molecular flexibility index (Phi) is 5.59. The van der Waals surface area contributed by atoms with Gasteiger partial charge in [-0.1, -0.05) is 62.4 Å². The van der Waals surface area contributed by atoms with Gasteiger partial charge in [-0.05, 0) is 30.0 Å². The zero-order chi connectivity index (χ0) is 15.9. The third-order valence-electron chi connectivity index (χ3n) is 3.70. The highest BCUT2D eigenvalue weighted by molar-refractivity contribution is 5.81. The molecule has 0 fully saturated rings. The molecular weight excluding hydrogens is 272 g/mol. The van der Waals surface area contributed by atoms with Crippen LogP contribution in [0.15, 0.2) is 54.6 Å². The number of hydrogen-bond acceptors (Lipinski definition) is 2. The van der Waals surface area contributed by atoms with Gasteiger partial charge in [0.2, 0.25) is 5.91 Å². The maximum atomic E-state index is 12.1. The number of anilines is 1. The number of nitrogens with one attached hydrogen (secondary N) is 2. The molecule has 0 saturated carbocycles. The molecule has 0 aromatic heterocycles. The molecule has 22 heavy (non-hydrogen) atoms. The van der Waals surface area contributed by atoms with Gasteiger partial charge >= 0.3 is 0 Å². The van der Waals surface area contributed by atoms with Crippen molar-refractivity contribution in [2.75, 3.05) is 11.9 Å². The van der Waals surface area contributed by atoms with Crippen LogP contribution < -0.4 is 10.6 Å². The molecule has 0 radical (unpaired) electrons. The first-order valence-electron chi connectivity index (χ1n) is 7.75. The van der Waals surface area contributed by atoms with Gasteiger partial charge in [0.15, 0.2) is 0 Å². The Hall–Kier alpha value is -2.29. The Morgan fingerprint density at radius 3 is 2.27 bits per heavy atom. The van der Waals surface area contributed by atoms with E-state index in [1.54, 1.807) is 0 Å². The van der Waals surface area contributed by atoms with Gasteiger partial charge in [-0.25, -0.2) is 0 Å². The van der Waals surface area contributed by atoms with Crippen LogP contribution in [0.1, 0.15) is 43.9 Å². The van der Waals surface area contributed by atoms with Gasteiger partial charge in [0, 0.05) is 5.69 Å². The van der Waals surface area contributed by atoms with E-state index in [0.29, 0.717) is 5.92 Å². The minimum Gasteiger partial charge on any atom is -0.376 e. The molecule has 1 unspecified atom stereocenters. The lowest BCUT2D eigenvalue weighted by Gasteiger charge is -2.17. The Labute approximate surface area is 132 Å². The molecule has 1 atom stereocenters. The maximum Gasteiger partial charge on any atom is 0.239 e. The summed E-state index contributed by atoms with van der Waals surface area (Å²) in [7, 11) is 0. The van der Waals surface area contributed by atoms with Gasteiger partial charge in [-0.15, -0.1) is 0 Å². The number of amides is 1. The Bertz CT molecular complexity index is 608. The van der Waals surface area contributed by atoms with Crippen molar-refractivity contribution in [3.05, 3.63) is 65.7 Å². The monoisotopic (exact) mass is 296 g/mol. The normalized spacial score (nSPS) is 12.0. The van der Waals surface area contributed by atoms with E-state index in [0.717, 1.165) is 11.3 Å². The first-order chi connectivity index (χ1) is 10.6. The van der Waals surface area contributed by atoms with Crippen molar-refractivity contribution in [3.8, 4) is 0 Å². The molecule has 2 aromatic carbocycles. The molecule has 0 bridgehead atoms. The quantitative estimate of drug-likeness (QED) is 0.842. The van der Waals surface area contributed by atoms with Gasteiger partial charge in [-0.3, -0.25) is 4.79 Å². The van der Waals surface area contributed by atoms with Crippen molar-refractivity contribution >= 4 is 11.6 Å². The van der Waals surface area contributed by atoms with E-state index >= 15 is 0 Å². The SMILES string of the molecule is CC(C)c1ccccc1NCC(=O)NC(C)c1ccccc1. The van der Waals surface area contributed by atoms with Gasteiger partial charge < -0.3 is 10.6 Å². The molecule has 3 heteroatoms. The molecule has 0 aliphatic rings. The number of hydrogen-bond donors (Lipinski definition) is 2. The maximum absolute atomic E-state index is 12.1. The molecule has 0 heterocycles. The molecule has 3 nitrogen and oxygen atoms in total. The second kappa shape index (κ2) is 7.64. The minimum absolute atomic E-state index is 0.00471. The molecule has 0 saturated heterocycles. The van der Waals surface area contributed by atoms with Gasteiger partial charge in [0.25, 0.3) is 0 Å². The predicted molar refractivity (Wildman–Crippen MR) is 92.0 cm³/mol. The van der Waals surface area contributed by atoms with E-state index in [9.17, 15) is 4.79 Å². The number of benzene rings is 2. The van der Waals surface area contributed by atoms with Crippen LogP contribution in [0.3, 0.4) is 0 Å². The Morgan fingerprint density at radius 1 is 0.955 bits per heavy atom. The van der Waals surface area contributed by atoms with Crippen LogP contribution in [-0.4, -0.2) is 12.5 Å². The topological polar surface area (TPSA) is 41.1 Å². The molecule has 116 valence electrons. The number of para-hydroxylation sites is 1. The standard InChI is InChI=1S/C19H24N2O/c1-14(2)17-11-7-8-12-18(17)20-13-19(22)21-15(3)16-9-5-4-6-10-16/h4-12,14-15,20H,13H2,1-3H3,(H,21,22). The summed E-state index contributed by atoms with van der Waals surface area (Å²) in [6.45, 7) is 6.58. The minimum atomic E-state index is -0.00471. The number of carbonyl (C=O) groups excluding carboxylic acids is 1. The molecule has 2 rings (SSSR count). The van der Waals surface area contributed by atoms with Crippen LogP contribution in [0.5, 0.6) is 0 Å². The first kappa shape index (κ1) is 16.1. The van der Waals surface area contributed by atoms with Gasteiger partial charge in [0.05, 0.1) is 12.6 Å². The van der Waals surface area contributed by atoms with Crippen molar-refractivity contribution < 1.29 is 4.79 Å². The van der Waals surface area contributed by atoms with Gasteiger partial charge in [0.1, 0.15) is 0 Å². The van der Waals surface area contributed by atoms with E-state index < -0.39 is 0 Å². The zero-order valence-electron chi connectivity index (χ0n) is 13.5. The van der Waals surface area contributed by atoms with Crippen LogP contribution in [0.4, 0.5) is 5.69 Å². The fourth-order valence-electron chi connectivity index (χ4n) is 2.45. The first-order valence-corrected chi connectivity index (χ1v) is 7.75. The molecular formula is C19H24N2O. The van der Waals surface area contributed by atoms with Crippen molar-refractivity contribution in [1.82, 2.24) is 5.32 Å². The van der Waals surface area contributed by atoms with Crippen molar-refractivity contribution in [2.24, 2.45) is 0 Å². The smallest absolute Gasteiger partial charge is 0.239 e. The fraction of sp³-hybridized carbons (Fsp3) is 0.316. The second-order valence-corrected chi connectivity index (χ2v) is 5.80. The average molecular weight is 296 g/mol. The summed E-state index contributed by atoms with van der Waals surface area (Å²) >= 11 is 0. The summed E-state index contributed by atoms with van der Waals surface area (Å²) in [6.07, 6.45) is 0. The highest BCUT2D eigenvalue weighted by Gasteiger charge is 2.10. The van der Waals surface area contributed by atoms with Crippen LogP contribution in [-0.2, 0) is 4.79 Å². The lowest BCUT2D eigenvalue weighted by atomic mass is 10.0. The zero-order valence-corrected chi connectivity index (χ0v) is 13.5. The highest BCUT2D eigenvalue weighted by atomic mass is 16.1. The summed E-state index contributed by atoms with van der Waals surface area (Å²) in [4.78, 5) is 12.1. The Balaban J connectivity index is 1.91. The van der Waals surface area contributed by atoms with E-state index in [4.69, 9.17) is 0 Å². The number of carbonyl (C=O) groups is 1. The third-order valence-corrected chi connectivity index (χ3v) is 3.70. The van der Waals surface area contributed by atoms with Crippen LogP contribution in [0.25, 0.3) is 0 Å². The van der Waals surface area contributed by atoms with Crippen LogP contribution in [0, 0.1) is 0 Å². The van der Waals surface area contributed by atoms with E-state index in [-0.39, 0.29) is 18.5 Å². The summed E-state index contributed by atoms with van der Waals surface area (Å²) in [5.41, 5.74) is 3.37. The average Bonchev–Trinajstić information content (AvgIpc) is 2.54. The summed E-state index contributed by atoms with van der Waals surface area (Å²) < 4.78 is 0. The van der Waals surface area contributed by atoms with E-state index in [1.165, 1.54) is 5.56 Å². The van der Waals surface area contributed by atoms with E-state index in [2.05, 4.69) is 30.5 Å². The third kappa shape index (κ3) is 4.35. The molecule has 0 aliphatic heterocycles. The fourth-order valence-corrected chi connectivity index (χ4v) is 2.45. The lowest BCUT2D eigenvalue weighted by molar-refractivity contribution is -0.120. The molecule has 2 aromatic rings. The van der Waals surface area contributed by atoms with Crippen molar-refractivity contribution in [1.29, 1.82) is 0 Å². The molecule has 0 aliphatic carbocycles. The lowest BCUT2D eigenvalue weighted by Crippen LogP contribution is -2.32. The number of rotatable bonds is 6. The van der Waals surface area contributed by atoms with Gasteiger partial charge in [-0.2, -0.15) is 0 Å².